The van der Waals surface area contributed by atoms with Gasteiger partial charge >= 0.3 is 0 Å². The predicted molar refractivity (Wildman–Crippen MR) is 108 cm³/mol. The van der Waals surface area contributed by atoms with E-state index in [1.54, 1.807) is 11.9 Å². The Hall–Kier alpha value is -2.60. The average Bonchev–Trinajstić information content (AvgIpc) is 2.73. The Morgan fingerprint density at radius 1 is 1.15 bits per heavy atom. The van der Waals surface area contributed by atoms with Crippen molar-refractivity contribution >= 4 is 17.8 Å². The molecule has 0 N–H and O–H groups in total. The lowest BCUT2D eigenvalue weighted by molar-refractivity contribution is -0.107. The third kappa shape index (κ3) is 4.98. The lowest BCUT2D eigenvalue weighted by atomic mass is 10.1. The molecule has 144 valence electrons. The molecule has 1 amide bonds. The lowest BCUT2D eigenvalue weighted by Crippen LogP contribution is -2.45. The zero-order chi connectivity index (χ0) is 19.1. The molecule has 3 rings (SSSR count). The van der Waals surface area contributed by atoms with Crippen molar-refractivity contribution in [3.63, 3.8) is 0 Å². The highest BCUT2D eigenvalue weighted by Gasteiger charge is 2.18. The summed E-state index contributed by atoms with van der Waals surface area (Å²) in [6.45, 7) is 7.62. The van der Waals surface area contributed by atoms with E-state index in [1.165, 1.54) is 11.3 Å². The van der Waals surface area contributed by atoms with E-state index in [-0.39, 0.29) is 0 Å². The maximum Gasteiger partial charge on any atom is 0.213 e. The van der Waals surface area contributed by atoms with Gasteiger partial charge in [0.15, 0.2) is 0 Å². The Morgan fingerprint density at radius 3 is 2.56 bits per heavy atom. The number of nitrogens with zero attached hydrogens (tertiary/aromatic N) is 4. The quantitative estimate of drug-likeness (QED) is 0.671. The van der Waals surface area contributed by atoms with Gasteiger partial charge in [-0.05, 0) is 36.2 Å². The van der Waals surface area contributed by atoms with Crippen LogP contribution in [0.2, 0.25) is 0 Å². The van der Waals surface area contributed by atoms with Gasteiger partial charge in [-0.25, -0.2) is 0 Å². The van der Waals surface area contributed by atoms with Crippen LogP contribution in [0.5, 0.6) is 5.75 Å². The van der Waals surface area contributed by atoms with Gasteiger partial charge in [0.2, 0.25) is 6.41 Å². The fourth-order valence-electron chi connectivity index (χ4n) is 3.31. The van der Waals surface area contributed by atoms with E-state index in [1.807, 2.05) is 18.5 Å². The van der Waals surface area contributed by atoms with Crippen molar-refractivity contribution in [1.82, 2.24) is 9.88 Å². The molecule has 1 aromatic carbocycles. The topological polar surface area (TPSA) is 48.9 Å². The van der Waals surface area contributed by atoms with Crippen LogP contribution in [0.1, 0.15) is 18.9 Å². The summed E-state index contributed by atoms with van der Waals surface area (Å²) in [4.78, 5) is 21.8. The molecule has 1 fully saturated rings. The molecule has 2 aromatic rings. The fraction of sp³-hybridized carbons (Fsp3) is 0.429. The molecule has 0 spiro atoms. The number of pyridine rings is 1. The zero-order valence-electron chi connectivity index (χ0n) is 16.2. The number of benzene rings is 1. The van der Waals surface area contributed by atoms with Crippen LogP contribution < -0.4 is 14.5 Å². The molecule has 0 aliphatic carbocycles. The largest absolute Gasteiger partial charge is 0.491 e. The van der Waals surface area contributed by atoms with Crippen molar-refractivity contribution in [1.29, 1.82) is 0 Å². The van der Waals surface area contributed by atoms with E-state index < -0.39 is 0 Å². The van der Waals surface area contributed by atoms with Crippen LogP contribution in [0, 0.1) is 0 Å². The third-order valence-corrected chi connectivity index (χ3v) is 4.83. The number of carbonyl (C=O) groups is 1. The van der Waals surface area contributed by atoms with Gasteiger partial charge in [0.25, 0.3) is 0 Å². The Labute approximate surface area is 161 Å². The maximum absolute atomic E-state index is 11.3. The van der Waals surface area contributed by atoms with Gasteiger partial charge in [0, 0.05) is 57.9 Å². The Kier molecular flexibility index (Phi) is 6.65. The average molecular weight is 368 g/mol. The van der Waals surface area contributed by atoms with Crippen LogP contribution in [0.15, 0.2) is 42.7 Å². The summed E-state index contributed by atoms with van der Waals surface area (Å²) < 4.78 is 5.79. The van der Waals surface area contributed by atoms with E-state index in [0.29, 0.717) is 6.61 Å². The third-order valence-electron chi connectivity index (χ3n) is 4.83. The molecule has 1 aliphatic heterocycles. The Bertz CT molecular complexity index is 730. The van der Waals surface area contributed by atoms with Crippen LogP contribution in [0.25, 0.3) is 0 Å². The highest BCUT2D eigenvalue weighted by molar-refractivity contribution is 5.78. The SMILES string of the molecule is CCCOc1ccc(CN2CCN(c3ccncc3)CC2)cc1N(C)C=O. The number of aromatic nitrogens is 1. The number of hydrogen-bond donors (Lipinski definition) is 0. The number of ether oxygens (including phenoxy) is 1. The number of hydrogen-bond acceptors (Lipinski definition) is 5. The molecule has 1 aromatic heterocycles. The molecule has 0 atom stereocenters. The normalized spacial score (nSPS) is 14.8. The van der Waals surface area contributed by atoms with E-state index >= 15 is 0 Å². The molecule has 6 heteroatoms. The molecule has 0 radical (unpaired) electrons. The fourth-order valence-corrected chi connectivity index (χ4v) is 3.31. The number of rotatable bonds is 8. The summed E-state index contributed by atoms with van der Waals surface area (Å²) in [6.07, 6.45) is 5.45. The van der Waals surface area contributed by atoms with Crippen LogP contribution in [-0.2, 0) is 11.3 Å². The zero-order valence-corrected chi connectivity index (χ0v) is 16.2. The second kappa shape index (κ2) is 9.37. The summed E-state index contributed by atoms with van der Waals surface area (Å²) in [7, 11) is 1.76. The molecule has 0 unspecified atom stereocenters. The smallest absolute Gasteiger partial charge is 0.213 e. The molecule has 0 saturated carbocycles. The van der Waals surface area contributed by atoms with Gasteiger partial charge in [0.1, 0.15) is 5.75 Å². The first-order valence-electron chi connectivity index (χ1n) is 9.52. The van der Waals surface area contributed by atoms with Crippen LogP contribution >= 0.6 is 0 Å². The van der Waals surface area contributed by atoms with Crippen molar-refractivity contribution in [2.45, 2.75) is 19.9 Å². The first kappa shape index (κ1) is 19.2. The van der Waals surface area contributed by atoms with Gasteiger partial charge in [-0.15, -0.1) is 0 Å². The van der Waals surface area contributed by atoms with E-state index in [4.69, 9.17) is 4.74 Å². The summed E-state index contributed by atoms with van der Waals surface area (Å²) >= 11 is 0. The predicted octanol–water partition coefficient (Wildman–Crippen LogP) is 2.79. The minimum atomic E-state index is 0.649. The van der Waals surface area contributed by atoms with Crippen molar-refractivity contribution in [2.75, 3.05) is 49.6 Å². The van der Waals surface area contributed by atoms with E-state index in [2.05, 4.69) is 46.0 Å². The van der Waals surface area contributed by atoms with Crippen molar-refractivity contribution < 1.29 is 9.53 Å². The molecule has 0 bridgehead atoms. The van der Waals surface area contributed by atoms with Gasteiger partial charge in [0.05, 0.1) is 12.3 Å². The van der Waals surface area contributed by atoms with Gasteiger partial charge in [-0.2, -0.15) is 0 Å². The Balaban J connectivity index is 1.63. The summed E-state index contributed by atoms with van der Waals surface area (Å²) in [5, 5.41) is 0. The van der Waals surface area contributed by atoms with Crippen molar-refractivity contribution in [2.24, 2.45) is 0 Å². The Morgan fingerprint density at radius 2 is 1.89 bits per heavy atom. The van der Waals surface area contributed by atoms with E-state index in [0.717, 1.165) is 57.0 Å². The van der Waals surface area contributed by atoms with Crippen LogP contribution in [-0.4, -0.2) is 56.1 Å². The molecule has 27 heavy (non-hydrogen) atoms. The van der Waals surface area contributed by atoms with Crippen LogP contribution in [0.4, 0.5) is 11.4 Å². The highest BCUT2D eigenvalue weighted by atomic mass is 16.5. The molecule has 6 nitrogen and oxygen atoms in total. The molecular formula is C21H28N4O2. The molecule has 1 aliphatic rings. The van der Waals surface area contributed by atoms with Gasteiger partial charge < -0.3 is 14.5 Å². The maximum atomic E-state index is 11.3. The molecule has 1 saturated heterocycles. The second-order valence-corrected chi connectivity index (χ2v) is 6.84. The highest BCUT2D eigenvalue weighted by Crippen LogP contribution is 2.29. The summed E-state index contributed by atoms with van der Waals surface area (Å²) in [6, 6.07) is 10.3. The summed E-state index contributed by atoms with van der Waals surface area (Å²) in [5.74, 6) is 0.762. The van der Waals surface area contributed by atoms with Crippen LogP contribution in [0.3, 0.4) is 0 Å². The minimum absolute atomic E-state index is 0.649. The van der Waals surface area contributed by atoms with Gasteiger partial charge in [-0.1, -0.05) is 13.0 Å². The van der Waals surface area contributed by atoms with Crippen molar-refractivity contribution in [3.05, 3.63) is 48.3 Å². The lowest BCUT2D eigenvalue weighted by Gasteiger charge is -2.36. The number of amides is 1. The number of piperazine rings is 1. The molecule has 2 heterocycles. The van der Waals surface area contributed by atoms with E-state index in [9.17, 15) is 4.79 Å². The number of carbonyl (C=O) groups excluding carboxylic acids is 1. The van der Waals surface area contributed by atoms with Gasteiger partial charge in [-0.3, -0.25) is 14.7 Å². The van der Waals surface area contributed by atoms with Crippen molar-refractivity contribution in [3.8, 4) is 5.75 Å². The first-order valence-corrected chi connectivity index (χ1v) is 9.52. The molecular weight excluding hydrogens is 340 g/mol. The number of anilines is 2. The standard InChI is InChI=1S/C21H28N4O2/c1-3-14-27-21-5-4-18(15-20(21)23(2)17-26)16-24-10-12-25(13-11-24)19-6-8-22-9-7-19/h4-9,15,17H,3,10-14,16H2,1-2H3. The minimum Gasteiger partial charge on any atom is -0.491 e. The second-order valence-electron chi connectivity index (χ2n) is 6.84. The monoisotopic (exact) mass is 368 g/mol. The summed E-state index contributed by atoms with van der Waals surface area (Å²) in [5.41, 5.74) is 3.25. The first-order chi connectivity index (χ1) is 13.2.